The number of aliphatic hydroxyl groups excluding tert-OH is 1. The maximum Gasteiger partial charge on any atom is 0.153 e. The highest BCUT2D eigenvalue weighted by molar-refractivity contribution is 5.89. The van der Waals surface area contributed by atoms with Crippen LogP contribution in [-0.4, -0.2) is 17.0 Å². The van der Waals surface area contributed by atoms with Crippen molar-refractivity contribution in [3.8, 4) is 5.75 Å². The van der Waals surface area contributed by atoms with Crippen molar-refractivity contribution in [1.82, 2.24) is 0 Å². The molecule has 1 aromatic carbocycles. The molecule has 1 heterocycles. The number of hydrogen-bond acceptors (Lipinski definition) is 4. The van der Waals surface area contributed by atoms with E-state index in [-0.39, 0.29) is 6.10 Å². The molecule has 0 amide bonds. The highest BCUT2D eigenvalue weighted by atomic mass is 16.5. The number of aliphatic imine (C=N–C) groups is 1. The van der Waals surface area contributed by atoms with Crippen LogP contribution in [0.25, 0.3) is 0 Å². The molecule has 0 spiro atoms. The highest BCUT2D eigenvalue weighted by Gasteiger charge is 2.19. The first-order valence-electron chi connectivity index (χ1n) is 5.44. The van der Waals surface area contributed by atoms with E-state index < -0.39 is 6.10 Å². The average molecular weight is 220 g/mol. The van der Waals surface area contributed by atoms with Crippen molar-refractivity contribution in [2.24, 2.45) is 10.7 Å². The van der Waals surface area contributed by atoms with Crippen LogP contribution in [-0.2, 0) is 0 Å². The number of amidine groups is 1. The summed E-state index contributed by atoms with van der Waals surface area (Å²) in [5, 5.41) is 9.73. The van der Waals surface area contributed by atoms with E-state index in [9.17, 15) is 5.11 Å². The Kier molecular flexibility index (Phi) is 2.83. The Hall–Kier alpha value is -1.55. The zero-order valence-electron chi connectivity index (χ0n) is 9.47. The highest BCUT2D eigenvalue weighted by Crippen LogP contribution is 2.34. The number of ether oxygens (including phenoxy) is 1. The molecule has 1 aliphatic rings. The van der Waals surface area contributed by atoms with Crippen LogP contribution in [0.2, 0.25) is 0 Å². The second kappa shape index (κ2) is 4.14. The predicted octanol–water partition coefficient (Wildman–Crippen LogP) is 1.90. The summed E-state index contributed by atoms with van der Waals surface area (Å²) in [4.78, 5) is 4.26. The zero-order chi connectivity index (χ0) is 11.7. The van der Waals surface area contributed by atoms with Crippen LogP contribution >= 0.6 is 0 Å². The van der Waals surface area contributed by atoms with Gasteiger partial charge in [-0.15, -0.1) is 0 Å². The van der Waals surface area contributed by atoms with Gasteiger partial charge < -0.3 is 15.6 Å². The van der Waals surface area contributed by atoms with Crippen LogP contribution in [0.15, 0.2) is 23.2 Å². The van der Waals surface area contributed by atoms with Crippen molar-refractivity contribution in [3.63, 3.8) is 0 Å². The van der Waals surface area contributed by atoms with Gasteiger partial charge in [0.05, 0.1) is 6.10 Å². The molecular formula is C12H16N2O2. The van der Waals surface area contributed by atoms with Crippen molar-refractivity contribution in [1.29, 1.82) is 0 Å². The fraction of sp³-hybridized carbons (Fsp3) is 0.417. The van der Waals surface area contributed by atoms with E-state index in [4.69, 9.17) is 10.5 Å². The fourth-order valence-corrected chi connectivity index (χ4v) is 1.65. The minimum atomic E-state index is -0.457. The van der Waals surface area contributed by atoms with Gasteiger partial charge in [0, 0.05) is 0 Å². The van der Waals surface area contributed by atoms with E-state index in [1.165, 1.54) is 0 Å². The van der Waals surface area contributed by atoms with Gasteiger partial charge in [0.1, 0.15) is 17.3 Å². The van der Waals surface area contributed by atoms with Gasteiger partial charge in [-0.25, -0.2) is 4.99 Å². The minimum Gasteiger partial charge on any atom is -0.481 e. The summed E-state index contributed by atoms with van der Waals surface area (Å²) in [5.41, 5.74) is 7.25. The number of nitrogens with zero attached hydrogens (tertiary/aromatic N) is 1. The summed E-state index contributed by atoms with van der Waals surface area (Å²) in [6.07, 6.45) is 0.0328. The lowest BCUT2D eigenvalue weighted by Crippen LogP contribution is -2.33. The number of benzene rings is 1. The molecule has 4 nitrogen and oxygen atoms in total. The van der Waals surface area contributed by atoms with Crippen LogP contribution in [0.4, 0.5) is 5.69 Å². The van der Waals surface area contributed by atoms with Gasteiger partial charge in [-0.2, -0.15) is 0 Å². The van der Waals surface area contributed by atoms with Gasteiger partial charge in [-0.05, 0) is 31.0 Å². The molecule has 0 radical (unpaired) electrons. The van der Waals surface area contributed by atoms with E-state index in [0.29, 0.717) is 23.7 Å². The minimum absolute atomic E-state index is 0.186. The molecule has 2 atom stereocenters. The SMILES string of the molecule is CCC(O)c1ccc2c(c1)N=C(N)C(C)O2. The van der Waals surface area contributed by atoms with Gasteiger partial charge in [0.25, 0.3) is 0 Å². The summed E-state index contributed by atoms with van der Waals surface area (Å²) >= 11 is 0. The standard InChI is InChI=1S/C12H16N2O2/c1-3-10(15)8-4-5-11-9(6-8)14-12(13)7(2)16-11/h4-7,10,15H,3H2,1-2H3,(H2,13,14). The molecule has 86 valence electrons. The first-order chi connectivity index (χ1) is 7.61. The lowest BCUT2D eigenvalue weighted by molar-refractivity contribution is 0.173. The Labute approximate surface area is 94.8 Å². The molecule has 0 aromatic heterocycles. The molecule has 4 heteroatoms. The molecule has 0 saturated carbocycles. The van der Waals surface area contributed by atoms with Crippen molar-refractivity contribution in [3.05, 3.63) is 23.8 Å². The summed E-state index contributed by atoms with van der Waals surface area (Å²) in [7, 11) is 0. The Balaban J connectivity index is 2.38. The number of aliphatic hydroxyl groups is 1. The largest absolute Gasteiger partial charge is 0.481 e. The molecule has 3 N–H and O–H groups in total. The Morgan fingerprint density at radius 3 is 3.00 bits per heavy atom. The van der Waals surface area contributed by atoms with Crippen LogP contribution in [0, 0.1) is 0 Å². The summed E-state index contributed by atoms with van der Waals surface area (Å²) < 4.78 is 5.57. The number of fused-ring (bicyclic) bond motifs is 1. The van der Waals surface area contributed by atoms with Gasteiger partial charge in [0.15, 0.2) is 6.10 Å². The van der Waals surface area contributed by atoms with Crippen LogP contribution in [0.1, 0.15) is 31.9 Å². The Morgan fingerprint density at radius 1 is 1.56 bits per heavy atom. The van der Waals surface area contributed by atoms with Gasteiger partial charge in [-0.1, -0.05) is 13.0 Å². The first kappa shape index (κ1) is 11.0. The van der Waals surface area contributed by atoms with Gasteiger partial charge >= 0.3 is 0 Å². The van der Waals surface area contributed by atoms with Crippen LogP contribution in [0.5, 0.6) is 5.75 Å². The van der Waals surface area contributed by atoms with Gasteiger partial charge in [-0.3, -0.25) is 0 Å². The monoisotopic (exact) mass is 220 g/mol. The first-order valence-corrected chi connectivity index (χ1v) is 5.44. The molecule has 0 aliphatic carbocycles. The molecule has 1 aliphatic heterocycles. The van der Waals surface area contributed by atoms with Crippen molar-refractivity contribution in [2.45, 2.75) is 32.5 Å². The van der Waals surface area contributed by atoms with E-state index >= 15 is 0 Å². The number of nitrogens with two attached hydrogens (primary N) is 1. The molecule has 2 rings (SSSR count). The third-order valence-corrected chi connectivity index (χ3v) is 2.72. The van der Waals surface area contributed by atoms with Crippen molar-refractivity contribution in [2.75, 3.05) is 0 Å². The third-order valence-electron chi connectivity index (χ3n) is 2.72. The van der Waals surface area contributed by atoms with Crippen LogP contribution in [0.3, 0.4) is 0 Å². The van der Waals surface area contributed by atoms with Crippen molar-refractivity contribution < 1.29 is 9.84 Å². The maximum atomic E-state index is 9.73. The molecule has 16 heavy (non-hydrogen) atoms. The fourth-order valence-electron chi connectivity index (χ4n) is 1.65. The van der Waals surface area contributed by atoms with Crippen molar-refractivity contribution >= 4 is 11.5 Å². The second-order valence-corrected chi connectivity index (χ2v) is 3.95. The Bertz CT molecular complexity index is 429. The predicted molar refractivity (Wildman–Crippen MR) is 63.1 cm³/mol. The van der Waals surface area contributed by atoms with E-state index in [0.717, 1.165) is 5.56 Å². The molecule has 0 fully saturated rings. The van der Waals surface area contributed by atoms with E-state index in [1.807, 2.05) is 32.0 Å². The van der Waals surface area contributed by atoms with E-state index in [2.05, 4.69) is 4.99 Å². The lowest BCUT2D eigenvalue weighted by atomic mass is 10.1. The Morgan fingerprint density at radius 2 is 2.31 bits per heavy atom. The molecule has 1 aromatic rings. The topological polar surface area (TPSA) is 67.8 Å². The smallest absolute Gasteiger partial charge is 0.153 e. The number of hydrogen-bond donors (Lipinski definition) is 2. The third kappa shape index (κ3) is 1.88. The summed E-state index contributed by atoms with van der Waals surface area (Å²) in [6.45, 7) is 3.79. The summed E-state index contributed by atoms with van der Waals surface area (Å²) in [5.74, 6) is 1.18. The molecular weight excluding hydrogens is 204 g/mol. The van der Waals surface area contributed by atoms with E-state index in [1.54, 1.807) is 0 Å². The quantitative estimate of drug-likeness (QED) is 0.799. The normalized spacial score (nSPS) is 20.7. The average Bonchev–Trinajstić information content (AvgIpc) is 2.29. The van der Waals surface area contributed by atoms with Crippen LogP contribution < -0.4 is 10.5 Å². The lowest BCUT2D eigenvalue weighted by Gasteiger charge is -2.21. The molecule has 2 unspecified atom stereocenters. The summed E-state index contributed by atoms with van der Waals surface area (Å²) in [6, 6.07) is 5.51. The number of rotatable bonds is 2. The second-order valence-electron chi connectivity index (χ2n) is 3.95. The maximum absolute atomic E-state index is 9.73. The molecule has 0 bridgehead atoms. The zero-order valence-corrected chi connectivity index (χ0v) is 9.47. The molecule has 0 saturated heterocycles. The van der Waals surface area contributed by atoms with Gasteiger partial charge in [0.2, 0.25) is 0 Å².